The molecule has 2 aromatic carbocycles. The number of nitrogens with zero attached hydrogens (tertiary/aromatic N) is 3. The van der Waals surface area contributed by atoms with Crippen LogP contribution in [-0.2, 0) is 16.4 Å². The first-order valence-electron chi connectivity index (χ1n) is 7.57. The summed E-state index contributed by atoms with van der Waals surface area (Å²) in [4.78, 5) is 0.135. The van der Waals surface area contributed by atoms with Crippen LogP contribution in [0.15, 0.2) is 41.3 Å². The number of sulfonamides is 1. The number of rotatable bonds is 3. The number of nitriles is 1. The summed E-state index contributed by atoms with van der Waals surface area (Å²) in [6.45, 7) is 0.476. The van der Waals surface area contributed by atoms with Crippen LogP contribution in [0.3, 0.4) is 0 Å². The number of fused-ring (bicyclic) bond motifs is 2. The molecule has 0 aliphatic carbocycles. The lowest BCUT2D eigenvalue weighted by Gasteiger charge is -2.27. The number of benzene rings is 2. The fourth-order valence-electron chi connectivity index (χ4n) is 2.94. The van der Waals surface area contributed by atoms with E-state index in [9.17, 15) is 8.42 Å². The lowest BCUT2D eigenvalue weighted by atomic mass is 9.98. The lowest BCUT2D eigenvalue weighted by Crippen LogP contribution is -2.43. The van der Waals surface area contributed by atoms with Crippen LogP contribution in [0.4, 0.5) is 5.69 Å². The molecule has 0 amide bonds. The minimum atomic E-state index is -3.73. The third-order valence-corrected chi connectivity index (χ3v) is 6.19. The van der Waals surface area contributed by atoms with Crippen molar-refractivity contribution >= 4 is 38.5 Å². The van der Waals surface area contributed by atoms with Gasteiger partial charge in [0.2, 0.25) is 10.0 Å². The van der Waals surface area contributed by atoms with Gasteiger partial charge in [0.15, 0.2) is 0 Å². The highest BCUT2D eigenvalue weighted by atomic mass is 32.2. The average molecular weight is 371 g/mol. The molecule has 25 heavy (non-hydrogen) atoms. The molecule has 3 aromatic rings. The second-order valence-electron chi connectivity index (χ2n) is 5.78. The van der Waals surface area contributed by atoms with E-state index < -0.39 is 10.0 Å². The number of aromatic nitrogens is 2. The zero-order valence-electron chi connectivity index (χ0n) is 12.9. The van der Waals surface area contributed by atoms with Crippen molar-refractivity contribution in [1.29, 1.82) is 5.26 Å². The molecule has 2 N–H and O–H groups in total. The molecule has 1 aromatic heterocycles. The predicted molar refractivity (Wildman–Crippen MR) is 94.9 cm³/mol. The Kier molecular flexibility index (Phi) is 3.88. The van der Waals surface area contributed by atoms with Gasteiger partial charge >= 0.3 is 0 Å². The van der Waals surface area contributed by atoms with Crippen molar-refractivity contribution in [2.45, 2.75) is 17.4 Å². The largest absolute Gasteiger partial charge is 0.383 e. The van der Waals surface area contributed by atoms with E-state index in [1.165, 1.54) is 6.07 Å². The summed E-state index contributed by atoms with van der Waals surface area (Å²) < 4.78 is 36.5. The Labute approximate surface area is 148 Å². The van der Waals surface area contributed by atoms with Gasteiger partial charge in [-0.3, -0.25) is 0 Å². The lowest BCUT2D eigenvalue weighted by molar-refractivity contribution is 0.549. The fourth-order valence-corrected chi connectivity index (χ4v) is 4.94. The molecule has 0 spiro atoms. The van der Waals surface area contributed by atoms with Crippen LogP contribution in [0.2, 0.25) is 0 Å². The smallest absolute Gasteiger partial charge is 0.243 e. The highest BCUT2D eigenvalue weighted by molar-refractivity contribution is 7.89. The molecule has 1 unspecified atom stereocenters. The summed E-state index contributed by atoms with van der Waals surface area (Å²) in [5.74, 6) is 0. The van der Waals surface area contributed by atoms with Crippen molar-refractivity contribution in [2.24, 2.45) is 0 Å². The van der Waals surface area contributed by atoms with Crippen molar-refractivity contribution in [1.82, 2.24) is 13.5 Å². The Hall–Kier alpha value is -2.54. The van der Waals surface area contributed by atoms with Crippen LogP contribution >= 0.6 is 11.7 Å². The molecule has 0 saturated heterocycles. The first-order chi connectivity index (χ1) is 12.1. The molecule has 0 radical (unpaired) electrons. The van der Waals surface area contributed by atoms with E-state index in [2.05, 4.69) is 24.9 Å². The fraction of sp³-hybridized carbons (Fsp3) is 0.188. The Morgan fingerprint density at radius 2 is 2.16 bits per heavy atom. The summed E-state index contributed by atoms with van der Waals surface area (Å²) >= 11 is 0.989. The van der Waals surface area contributed by atoms with E-state index in [0.717, 1.165) is 23.0 Å². The predicted octanol–water partition coefficient (Wildman–Crippen LogP) is 1.88. The van der Waals surface area contributed by atoms with Crippen molar-refractivity contribution in [2.75, 3.05) is 11.9 Å². The summed E-state index contributed by atoms with van der Waals surface area (Å²) in [5, 5.41) is 12.2. The van der Waals surface area contributed by atoms with Crippen molar-refractivity contribution in [3.8, 4) is 6.07 Å². The number of hydrogen-bond donors (Lipinski definition) is 2. The van der Waals surface area contributed by atoms with Crippen molar-refractivity contribution in [3.63, 3.8) is 0 Å². The topological polar surface area (TPSA) is 108 Å². The summed E-state index contributed by atoms with van der Waals surface area (Å²) in [6.07, 6.45) is 0.516. The molecule has 0 fully saturated rings. The second kappa shape index (κ2) is 6.07. The highest BCUT2D eigenvalue weighted by Crippen LogP contribution is 2.25. The summed E-state index contributed by atoms with van der Waals surface area (Å²) in [5.41, 5.74) is 3.36. The average Bonchev–Trinajstić information content (AvgIpc) is 3.09. The van der Waals surface area contributed by atoms with E-state index in [4.69, 9.17) is 5.26 Å². The zero-order chi connectivity index (χ0) is 17.4. The Balaban J connectivity index is 1.62. The van der Waals surface area contributed by atoms with Gasteiger partial charge in [-0.25, -0.2) is 13.1 Å². The van der Waals surface area contributed by atoms with E-state index in [0.29, 0.717) is 29.6 Å². The quantitative estimate of drug-likeness (QED) is 0.728. The standard InChI is InChI=1S/C16H13N5O2S2/c17-8-10-4-5-13-11(6-10)7-12(9-18-13)21-25(22,23)15-3-1-2-14-16(15)20-24-19-14/h1-6,12,18,21H,7,9H2. The van der Waals surface area contributed by atoms with E-state index in [1.807, 2.05) is 6.07 Å². The Morgan fingerprint density at radius 3 is 3.00 bits per heavy atom. The maximum Gasteiger partial charge on any atom is 0.243 e. The molecule has 126 valence electrons. The van der Waals surface area contributed by atoms with Gasteiger partial charge in [-0.15, -0.1) is 0 Å². The van der Waals surface area contributed by atoms with Crippen LogP contribution in [0.25, 0.3) is 11.0 Å². The molecule has 7 nitrogen and oxygen atoms in total. The van der Waals surface area contributed by atoms with Gasteiger partial charge in [0.25, 0.3) is 0 Å². The summed E-state index contributed by atoms with van der Waals surface area (Å²) in [7, 11) is -3.73. The maximum atomic E-state index is 12.8. The van der Waals surface area contributed by atoms with Gasteiger partial charge < -0.3 is 5.32 Å². The molecule has 0 saturated carbocycles. The van der Waals surface area contributed by atoms with Crippen LogP contribution in [-0.4, -0.2) is 29.8 Å². The highest BCUT2D eigenvalue weighted by Gasteiger charge is 2.26. The van der Waals surface area contributed by atoms with Crippen molar-refractivity contribution < 1.29 is 8.42 Å². The molecule has 9 heteroatoms. The minimum absolute atomic E-state index is 0.135. The van der Waals surface area contributed by atoms with Gasteiger partial charge in [-0.1, -0.05) is 6.07 Å². The van der Waals surface area contributed by atoms with Gasteiger partial charge in [-0.05, 0) is 42.3 Å². The zero-order valence-corrected chi connectivity index (χ0v) is 14.6. The van der Waals surface area contributed by atoms with Crippen LogP contribution in [0.1, 0.15) is 11.1 Å². The van der Waals surface area contributed by atoms with Crippen LogP contribution in [0.5, 0.6) is 0 Å². The van der Waals surface area contributed by atoms with E-state index >= 15 is 0 Å². The van der Waals surface area contributed by atoms with E-state index in [-0.39, 0.29) is 10.9 Å². The molecule has 4 rings (SSSR count). The molecule has 1 aliphatic rings. The summed E-state index contributed by atoms with van der Waals surface area (Å²) in [6, 6.07) is 12.1. The Morgan fingerprint density at radius 1 is 1.28 bits per heavy atom. The molecular formula is C16H13N5O2S2. The van der Waals surface area contributed by atoms with Crippen molar-refractivity contribution in [3.05, 3.63) is 47.5 Å². The van der Waals surface area contributed by atoms with Crippen LogP contribution < -0.4 is 10.0 Å². The first kappa shape index (κ1) is 16.0. The van der Waals surface area contributed by atoms with E-state index in [1.54, 1.807) is 24.3 Å². The third kappa shape index (κ3) is 2.95. The van der Waals surface area contributed by atoms with Gasteiger partial charge in [0.1, 0.15) is 15.9 Å². The number of anilines is 1. The normalized spacial score (nSPS) is 16.8. The number of nitrogens with one attached hydrogen (secondary N) is 2. The molecular weight excluding hydrogens is 358 g/mol. The number of hydrogen-bond acceptors (Lipinski definition) is 7. The monoisotopic (exact) mass is 371 g/mol. The van der Waals surface area contributed by atoms with Gasteiger partial charge in [-0.2, -0.15) is 14.0 Å². The molecule has 1 aliphatic heterocycles. The molecule has 1 atom stereocenters. The first-order valence-corrected chi connectivity index (χ1v) is 9.79. The minimum Gasteiger partial charge on any atom is -0.383 e. The van der Waals surface area contributed by atoms with Crippen LogP contribution in [0, 0.1) is 11.3 Å². The maximum absolute atomic E-state index is 12.8. The Bertz CT molecular complexity index is 1100. The second-order valence-corrected chi connectivity index (χ2v) is 7.99. The van der Waals surface area contributed by atoms with Gasteiger partial charge in [0.05, 0.1) is 23.4 Å². The molecule has 2 heterocycles. The third-order valence-electron chi connectivity index (χ3n) is 4.10. The van der Waals surface area contributed by atoms with Gasteiger partial charge in [0, 0.05) is 18.3 Å². The molecule has 0 bridgehead atoms. The SMILES string of the molecule is N#Cc1ccc2c(c1)CC(NS(=O)(=O)c1cccc3nsnc13)CN2.